The molecular formula is C17H19N3. The highest BCUT2D eigenvalue weighted by atomic mass is 15.2. The van der Waals surface area contributed by atoms with Crippen molar-refractivity contribution in [3.63, 3.8) is 0 Å². The standard InChI is InChI=1S/C17H19N3/c1-12-7-8-15-6-4-5-11-20(15)17(13(12)2)16-9-10-18-14(3)19-16/h4-6,8-12,19H,3,7H2,1-2H3. The van der Waals surface area contributed by atoms with Crippen LogP contribution in [-0.4, -0.2) is 11.1 Å². The van der Waals surface area contributed by atoms with Crippen LogP contribution in [-0.2, 0) is 0 Å². The molecule has 0 radical (unpaired) electrons. The van der Waals surface area contributed by atoms with Gasteiger partial charge in [0.15, 0.2) is 0 Å². The minimum atomic E-state index is 0.514. The summed E-state index contributed by atoms with van der Waals surface area (Å²) in [6, 6.07) is 0. The number of nitrogens with zero attached hydrogens (tertiary/aromatic N) is 2. The summed E-state index contributed by atoms with van der Waals surface area (Å²) in [5.74, 6) is 1.20. The van der Waals surface area contributed by atoms with Crippen molar-refractivity contribution in [2.75, 3.05) is 0 Å². The van der Waals surface area contributed by atoms with Gasteiger partial charge in [0, 0.05) is 18.1 Å². The molecule has 0 fully saturated rings. The molecule has 0 aromatic carbocycles. The lowest BCUT2D eigenvalue weighted by Gasteiger charge is -2.30. The molecule has 3 heterocycles. The van der Waals surface area contributed by atoms with Crippen molar-refractivity contribution in [2.45, 2.75) is 20.3 Å². The first-order valence-corrected chi connectivity index (χ1v) is 6.92. The molecule has 0 aliphatic carbocycles. The number of nitrogens with one attached hydrogen (secondary N) is 1. The molecule has 1 atom stereocenters. The minimum Gasteiger partial charge on any atom is -0.339 e. The molecule has 0 aromatic rings. The van der Waals surface area contributed by atoms with Crippen LogP contribution in [0.25, 0.3) is 0 Å². The molecule has 3 rings (SSSR count). The number of allylic oxidation sites excluding steroid dienone is 6. The number of fused-ring (bicyclic) bond motifs is 1. The quantitative estimate of drug-likeness (QED) is 0.784. The Bertz CT molecular complexity index is 627. The summed E-state index contributed by atoms with van der Waals surface area (Å²) in [4.78, 5) is 6.39. The van der Waals surface area contributed by atoms with Crippen molar-refractivity contribution in [3.8, 4) is 0 Å². The average Bonchev–Trinajstić information content (AvgIpc) is 2.57. The highest BCUT2D eigenvalue weighted by Crippen LogP contribution is 2.34. The topological polar surface area (TPSA) is 27.6 Å². The van der Waals surface area contributed by atoms with Crippen molar-refractivity contribution >= 4 is 6.21 Å². The van der Waals surface area contributed by atoms with Crippen molar-refractivity contribution in [2.24, 2.45) is 10.9 Å². The average molecular weight is 265 g/mol. The molecule has 1 unspecified atom stereocenters. The maximum absolute atomic E-state index is 4.15. The Balaban J connectivity index is 2.11. The number of hydrogen-bond acceptors (Lipinski definition) is 3. The van der Waals surface area contributed by atoms with Gasteiger partial charge in [0.05, 0.1) is 11.4 Å². The molecule has 3 nitrogen and oxygen atoms in total. The van der Waals surface area contributed by atoms with E-state index in [2.05, 4.69) is 66.1 Å². The lowest BCUT2D eigenvalue weighted by Crippen LogP contribution is -2.26. The molecule has 3 aliphatic rings. The van der Waals surface area contributed by atoms with Gasteiger partial charge in [-0.15, -0.1) is 0 Å². The number of hydrogen-bond donors (Lipinski definition) is 1. The van der Waals surface area contributed by atoms with E-state index in [9.17, 15) is 0 Å². The highest BCUT2D eigenvalue weighted by molar-refractivity contribution is 5.76. The monoisotopic (exact) mass is 265 g/mol. The van der Waals surface area contributed by atoms with Crippen LogP contribution in [0.4, 0.5) is 0 Å². The Morgan fingerprint density at radius 1 is 1.40 bits per heavy atom. The predicted octanol–water partition coefficient (Wildman–Crippen LogP) is 3.60. The summed E-state index contributed by atoms with van der Waals surface area (Å²) in [5.41, 5.74) is 4.86. The first-order chi connectivity index (χ1) is 9.66. The van der Waals surface area contributed by atoms with Gasteiger partial charge in [-0.2, -0.15) is 0 Å². The molecule has 1 N–H and O–H groups in total. The maximum atomic E-state index is 4.15. The van der Waals surface area contributed by atoms with Gasteiger partial charge < -0.3 is 10.2 Å². The van der Waals surface area contributed by atoms with E-state index in [0.29, 0.717) is 11.7 Å². The Hall–Kier alpha value is -2.29. The van der Waals surface area contributed by atoms with Gasteiger partial charge in [0.25, 0.3) is 0 Å². The molecular weight excluding hydrogens is 246 g/mol. The van der Waals surface area contributed by atoms with Crippen LogP contribution in [0.5, 0.6) is 0 Å². The zero-order valence-corrected chi connectivity index (χ0v) is 11.9. The van der Waals surface area contributed by atoms with E-state index in [0.717, 1.165) is 12.1 Å². The van der Waals surface area contributed by atoms with Crippen LogP contribution < -0.4 is 5.32 Å². The molecule has 0 aromatic heterocycles. The van der Waals surface area contributed by atoms with Gasteiger partial charge in [-0.05, 0) is 43.1 Å². The summed E-state index contributed by atoms with van der Waals surface area (Å²) < 4.78 is 0. The van der Waals surface area contributed by atoms with Gasteiger partial charge >= 0.3 is 0 Å². The Morgan fingerprint density at radius 2 is 2.25 bits per heavy atom. The van der Waals surface area contributed by atoms with E-state index in [1.54, 1.807) is 6.21 Å². The fourth-order valence-corrected chi connectivity index (χ4v) is 2.64. The third-order valence-electron chi connectivity index (χ3n) is 3.93. The second-order valence-electron chi connectivity index (χ2n) is 5.30. The molecule has 0 amide bonds. The van der Waals surface area contributed by atoms with E-state index in [-0.39, 0.29) is 0 Å². The van der Waals surface area contributed by atoms with Crippen LogP contribution in [0.3, 0.4) is 0 Å². The van der Waals surface area contributed by atoms with Crippen LogP contribution in [0.2, 0.25) is 0 Å². The molecule has 0 bridgehead atoms. The van der Waals surface area contributed by atoms with Crippen molar-refractivity contribution in [1.29, 1.82) is 0 Å². The fraction of sp³-hybridized carbons (Fsp3) is 0.235. The first kappa shape index (κ1) is 12.7. The van der Waals surface area contributed by atoms with Crippen LogP contribution in [0.15, 0.2) is 76.6 Å². The zero-order valence-electron chi connectivity index (χ0n) is 11.9. The lowest BCUT2D eigenvalue weighted by molar-refractivity contribution is 0.573. The Labute approximate surface area is 120 Å². The van der Waals surface area contributed by atoms with Crippen LogP contribution >= 0.6 is 0 Å². The summed E-state index contributed by atoms with van der Waals surface area (Å²) in [6.07, 6.45) is 15.6. The smallest absolute Gasteiger partial charge is 0.123 e. The molecule has 0 spiro atoms. The van der Waals surface area contributed by atoms with Crippen LogP contribution in [0, 0.1) is 5.92 Å². The highest BCUT2D eigenvalue weighted by Gasteiger charge is 2.24. The van der Waals surface area contributed by atoms with E-state index in [4.69, 9.17) is 0 Å². The van der Waals surface area contributed by atoms with Gasteiger partial charge in [-0.1, -0.05) is 25.7 Å². The van der Waals surface area contributed by atoms with E-state index in [1.165, 1.54) is 17.0 Å². The second-order valence-corrected chi connectivity index (χ2v) is 5.30. The fourth-order valence-electron chi connectivity index (χ4n) is 2.64. The van der Waals surface area contributed by atoms with Crippen molar-refractivity contribution in [1.82, 2.24) is 10.2 Å². The molecule has 3 heteroatoms. The largest absolute Gasteiger partial charge is 0.339 e. The summed E-state index contributed by atoms with van der Waals surface area (Å²) >= 11 is 0. The lowest BCUT2D eigenvalue weighted by atomic mass is 9.96. The van der Waals surface area contributed by atoms with Crippen molar-refractivity contribution in [3.05, 3.63) is 71.6 Å². The summed E-state index contributed by atoms with van der Waals surface area (Å²) in [5, 5.41) is 3.28. The summed E-state index contributed by atoms with van der Waals surface area (Å²) in [7, 11) is 0. The third-order valence-corrected chi connectivity index (χ3v) is 3.93. The molecule has 0 saturated heterocycles. The Morgan fingerprint density at radius 3 is 3.05 bits per heavy atom. The van der Waals surface area contributed by atoms with Crippen LogP contribution in [0.1, 0.15) is 20.3 Å². The van der Waals surface area contributed by atoms with E-state index in [1.807, 2.05) is 6.08 Å². The number of aliphatic imine (C=N–C) groups is 1. The molecule has 102 valence electrons. The second kappa shape index (κ2) is 5.00. The minimum absolute atomic E-state index is 0.514. The third kappa shape index (κ3) is 2.16. The maximum Gasteiger partial charge on any atom is 0.123 e. The molecule has 20 heavy (non-hydrogen) atoms. The Kier molecular flexibility index (Phi) is 3.18. The molecule has 0 saturated carbocycles. The predicted molar refractivity (Wildman–Crippen MR) is 83.5 cm³/mol. The van der Waals surface area contributed by atoms with Gasteiger partial charge in [0.1, 0.15) is 5.82 Å². The van der Waals surface area contributed by atoms with E-state index < -0.39 is 0 Å². The van der Waals surface area contributed by atoms with Gasteiger partial charge in [-0.25, -0.2) is 4.99 Å². The SMILES string of the molecule is C=C1N=CC=C(C2=C(C)C(C)CC=C3C=CC=CN32)N1. The van der Waals surface area contributed by atoms with Gasteiger partial charge in [-0.3, -0.25) is 0 Å². The first-order valence-electron chi connectivity index (χ1n) is 6.92. The molecule has 3 aliphatic heterocycles. The zero-order chi connectivity index (χ0) is 14.1. The normalized spacial score (nSPS) is 25.0. The van der Waals surface area contributed by atoms with E-state index >= 15 is 0 Å². The number of rotatable bonds is 1. The summed E-state index contributed by atoms with van der Waals surface area (Å²) in [6.45, 7) is 8.37. The van der Waals surface area contributed by atoms with Crippen molar-refractivity contribution < 1.29 is 0 Å². The van der Waals surface area contributed by atoms with Gasteiger partial charge in [0.2, 0.25) is 0 Å².